The predicted octanol–water partition coefficient (Wildman–Crippen LogP) is 3.69. The number of aromatic amines is 1. The second kappa shape index (κ2) is 11.8. The number of ether oxygens (including phenoxy) is 2. The van der Waals surface area contributed by atoms with Crippen molar-refractivity contribution in [2.45, 2.75) is 19.0 Å². The van der Waals surface area contributed by atoms with E-state index in [1.165, 1.54) is 5.56 Å². The van der Waals surface area contributed by atoms with Gasteiger partial charge in [-0.2, -0.15) is 0 Å². The lowest BCUT2D eigenvalue weighted by Gasteiger charge is -2.39. The zero-order valence-electron chi connectivity index (χ0n) is 23.2. The Morgan fingerprint density at radius 2 is 1.61 bits per heavy atom. The van der Waals surface area contributed by atoms with Gasteiger partial charge in [-0.05, 0) is 70.9 Å². The number of anilines is 1. The monoisotopic (exact) mass is 551 g/mol. The minimum Gasteiger partial charge on any atom is -0.497 e. The first-order valence-electron chi connectivity index (χ1n) is 13.8. The SMILES string of the molecule is COc1ccc(N2CCN([C@@H](c3cc4cc(OC)ccc4[nH]c3=O)c3nnnn3CCc3ccccc3)CC2)cc1. The van der Waals surface area contributed by atoms with E-state index in [9.17, 15) is 4.79 Å². The molecule has 0 saturated carbocycles. The van der Waals surface area contributed by atoms with Crippen LogP contribution >= 0.6 is 0 Å². The molecule has 0 unspecified atom stereocenters. The van der Waals surface area contributed by atoms with Gasteiger partial charge in [0.1, 0.15) is 17.5 Å². The summed E-state index contributed by atoms with van der Waals surface area (Å²) in [7, 11) is 3.31. The highest BCUT2D eigenvalue weighted by atomic mass is 16.5. The molecule has 6 rings (SSSR count). The smallest absolute Gasteiger partial charge is 0.253 e. The Morgan fingerprint density at radius 3 is 2.34 bits per heavy atom. The fourth-order valence-electron chi connectivity index (χ4n) is 5.51. The number of pyridine rings is 1. The van der Waals surface area contributed by atoms with Crippen molar-refractivity contribution < 1.29 is 9.47 Å². The molecule has 41 heavy (non-hydrogen) atoms. The van der Waals surface area contributed by atoms with E-state index in [1.807, 2.05) is 59.3 Å². The van der Waals surface area contributed by atoms with Crippen LogP contribution in [0.2, 0.25) is 0 Å². The summed E-state index contributed by atoms with van der Waals surface area (Å²) in [5.74, 6) is 2.22. The van der Waals surface area contributed by atoms with Crippen molar-refractivity contribution >= 4 is 16.6 Å². The maximum atomic E-state index is 13.6. The third kappa shape index (κ3) is 5.64. The highest BCUT2D eigenvalue weighted by Gasteiger charge is 2.32. The molecule has 5 aromatic rings. The predicted molar refractivity (Wildman–Crippen MR) is 158 cm³/mol. The summed E-state index contributed by atoms with van der Waals surface area (Å²) >= 11 is 0. The van der Waals surface area contributed by atoms with Crippen LogP contribution in [0.15, 0.2) is 83.7 Å². The van der Waals surface area contributed by atoms with Crippen molar-refractivity contribution in [2.75, 3.05) is 45.3 Å². The first-order valence-corrected chi connectivity index (χ1v) is 13.8. The number of benzene rings is 3. The minimum absolute atomic E-state index is 0.150. The van der Waals surface area contributed by atoms with E-state index in [1.54, 1.807) is 14.2 Å². The van der Waals surface area contributed by atoms with E-state index in [0.717, 1.165) is 60.7 Å². The summed E-state index contributed by atoms with van der Waals surface area (Å²) in [5, 5.41) is 13.8. The Bertz CT molecular complexity index is 1660. The molecule has 0 bridgehead atoms. The van der Waals surface area contributed by atoms with Crippen molar-refractivity contribution in [3.05, 3.63) is 106 Å². The standard InChI is InChI=1S/C31H33N7O3/c1-40-25-10-8-24(9-11-25)36-16-18-37(19-17-36)29(27-21-23-20-26(41-2)12-13-28(23)32-31(27)39)30-33-34-35-38(30)15-14-22-6-4-3-5-7-22/h3-13,20-21,29H,14-19H2,1-2H3,(H,32,39)/t29-/m0/s1. The number of methoxy groups -OCH3 is 2. The van der Waals surface area contributed by atoms with Crippen LogP contribution in [-0.4, -0.2) is 70.5 Å². The topological polar surface area (TPSA) is 101 Å². The Morgan fingerprint density at radius 1 is 0.878 bits per heavy atom. The molecule has 10 nitrogen and oxygen atoms in total. The summed E-state index contributed by atoms with van der Waals surface area (Å²) in [6.45, 7) is 3.67. The molecule has 0 aliphatic carbocycles. The van der Waals surface area contributed by atoms with E-state index >= 15 is 0 Å². The van der Waals surface area contributed by atoms with Gasteiger partial charge in [-0.1, -0.05) is 30.3 Å². The highest BCUT2D eigenvalue weighted by Crippen LogP contribution is 2.30. The number of aryl methyl sites for hydroxylation is 2. The number of nitrogens with zero attached hydrogens (tertiary/aromatic N) is 6. The number of H-pyrrole nitrogens is 1. The number of rotatable bonds is 9. The lowest BCUT2D eigenvalue weighted by Crippen LogP contribution is -2.49. The fourth-order valence-corrected chi connectivity index (χ4v) is 5.51. The molecule has 1 atom stereocenters. The molecule has 2 aromatic heterocycles. The molecule has 1 aliphatic rings. The molecule has 1 aliphatic heterocycles. The molecule has 210 valence electrons. The minimum atomic E-state index is -0.418. The lowest BCUT2D eigenvalue weighted by molar-refractivity contribution is 0.199. The van der Waals surface area contributed by atoms with Gasteiger partial charge in [-0.15, -0.1) is 5.10 Å². The van der Waals surface area contributed by atoms with Crippen LogP contribution in [0.4, 0.5) is 5.69 Å². The van der Waals surface area contributed by atoms with Gasteiger partial charge < -0.3 is 19.4 Å². The van der Waals surface area contributed by atoms with Crippen molar-refractivity contribution in [2.24, 2.45) is 0 Å². The number of hydrogen-bond acceptors (Lipinski definition) is 8. The van der Waals surface area contributed by atoms with E-state index in [0.29, 0.717) is 17.9 Å². The second-order valence-corrected chi connectivity index (χ2v) is 10.1. The Labute approximate surface area is 238 Å². The van der Waals surface area contributed by atoms with Gasteiger partial charge in [0, 0.05) is 54.9 Å². The van der Waals surface area contributed by atoms with E-state index < -0.39 is 6.04 Å². The second-order valence-electron chi connectivity index (χ2n) is 10.1. The molecule has 1 N–H and O–H groups in total. The number of hydrogen-bond donors (Lipinski definition) is 1. The van der Waals surface area contributed by atoms with Crippen LogP contribution in [0, 0.1) is 0 Å². The number of piperazine rings is 1. The Hall–Kier alpha value is -4.70. The average molecular weight is 552 g/mol. The van der Waals surface area contributed by atoms with E-state index in [-0.39, 0.29) is 5.56 Å². The maximum Gasteiger partial charge on any atom is 0.253 e. The normalized spacial score (nSPS) is 14.7. The summed E-state index contributed by atoms with van der Waals surface area (Å²) < 4.78 is 12.6. The number of fused-ring (bicyclic) bond motifs is 1. The highest BCUT2D eigenvalue weighted by molar-refractivity contribution is 5.80. The molecule has 0 radical (unpaired) electrons. The lowest BCUT2D eigenvalue weighted by atomic mass is 10.0. The quantitative estimate of drug-likeness (QED) is 0.296. The van der Waals surface area contributed by atoms with E-state index in [2.05, 4.69) is 54.6 Å². The third-order valence-electron chi connectivity index (χ3n) is 7.75. The molecular formula is C31H33N7O3. The zero-order valence-corrected chi connectivity index (χ0v) is 23.2. The third-order valence-corrected chi connectivity index (χ3v) is 7.75. The molecule has 0 spiro atoms. The maximum absolute atomic E-state index is 13.6. The molecule has 10 heteroatoms. The van der Waals surface area contributed by atoms with Crippen LogP contribution in [0.5, 0.6) is 11.5 Å². The summed E-state index contributed by atoms with van der Waals surface area (Å²) in [4.78, 5) is 21.3. The van der Waals surface area contributed by atoms with Crippen LogP contribution in [0.25, 0.3) is 10.9 Å². The summed E-state index contributed by atoms with van der Waals surface area (Å²) in [6.07, 6.45) is 0.780. The molecule has 3 heterocycles. The van der Waals surface area contributed by atoms with Gasteiger partial charge in [0.05, 0.1) is 14.2 Å². The largest absolute Gasteiger partial charge is 0.497 e. The Kier molecular flexibility index (Phi) is 7.64. The van der Waals surface area contributed by atoms with Crippen molar-refractivity contribution in [3.63, 3.8) is 0 Å². The fraction of sp³-hybridized carbons (Fsp3) is 0.290. The average Bonchev–Trinajstić information content (AvgIpc) is 3.49. The number of nitrogens with one attached hydrogen (secondary N) is 1. The van der Waals surface area contributed by atoms with Crippen molar-refractivity contribution in [3.8, 4) is 11.5 Å². The van der Waals surface area contributed by atoms with Gasteiger partial charge in [-0.25, -0.2) is 4.68 Å². The molecule has 0 amide bonds. The molecular weight excluding hydrogens is 518 g/mol. The zero-order chi connectivity index (χ0) is 28.2. The Balaban J connectivity index is 1.34. The van der Waals surface area contributed by atoms with Crippen LogP contribution in [0.3, 0.4) is 0 Å². The van der Waals surface area contributed by atoms with Gasteiger partial charge in [0.2, 0.25) is 0 Å². The van der Waals surface area contributed by atoms with Crippen LogP contribution in [-0.2, 0) is 13.0 Å². The summed E-state index contributed by atoms with van der Waals surface area (Å²) in [6, 6.07) is 25.6. The molecule has 1 fully saturated rings. The summed E-state index contributed by atoms with van der Waals surface area (Å²) in [5.41, 5.74) is 3.56. The van der Waals surface area contributed by atoms with Crippen molar-refractivity contribution in [1.82, 2.24) is 30.1 Å². The van der Waals surface area contributed by atoms with Crippen molar-refractivity contribution in [1.29, 1.82) is 0 Å². The first-order chi connectivity index (χ1) is 20.1. The number of tetrazole rings is 1. The van der Waals surface area contributed by atoms with Gasteiger partial charge in [0.25, 0.3) is 5.56 Å². The van der Waals surface area contributed by atoms with Gasteiger partial charge in [-0.3, -0.25) is 9.69 Å². The van der Waals surface area contributed by atoms with Gasteiger partial charge >= 0.3 is 0 Å². The van der Waals surface area contributed by atoms with Crippen LogP contribution < -0.4 is 19.9 Å². The van der Waals surface area contributed by atoms with E-state index in [4.69, 9.17) is 9.47 Å². The molecule has 3 aromatic carbocycles. The van der Waals surface area contributed by atoms with Crippen LogP contribution in [0.1, 0.15) is 23.0 Å². The van der Waals surface area contributed by atoms with Gasteiger partial charge in [0.15, 0.2) is 5.82 Å². The number of aromatic nitrogens is 5. The first kappa shape index (κ1) is 26.5. The molecule has 1 saturated heterocycles.